The number of halogens is 3. The molecule has 0 radical (unpaired) electrons. The maximum absolute atomic E-state index is 13.4. The molecule has 0 saturated heterocycles. The van der Waals surface area contributed by atoms with Crippen molar-refractivity contribution in [3.63, 3.8) is 0 Å². The molecule has 0 aliphatic rings. The van der Waals surface area contributed by atoms with E-state index in [1.54, 1.807) is 24.4 Å². The third-order valence-electron chi connectivity index (χ3n) is 3.88. The third-order valence-corrected chi connectivity index (χ3v) is 3.88. The second-order valence-corrected chi connectivity index (χ2v) is 5.62. The molecule has 0 N–H and O–H groups in total. The van der Waals surface area contributed by atoms with Gasteiger partial charge in [0.25, 0.3) is 0 Å². The van der Waals surface area contributed by atoms with Crippen LogP contribution in [0.15, 0.2) is 42.6 Å². The van der Waals surface area contributed by atoms with E-state index in [-0.39, 0.29) is 17.7 Å². The quantitative estimate of drug-likeness (QED) is 0.524. The summed E-state index contributed by atoms with van der Waals surface area (Å²) in [5.41, 5.74) is -0.113. The molecule has 0 spiro atoms. The van der Waals surface area contributed by atoms with Crippen LogP contribution in [-0.4, -0.2) is 29.1 Å². The van der Waals surface area contributed by atoms with Gasteiger partial charge in [0.15, 0.2) is 0 Å². The predicted molar refractivity (Wildman–Crippen MR) is 87.0 cm³/mol. The minimum Gasteiger partial charge on any atom is -0.465 e. The van der Waals surface area contributed by atoms with Crippen molar-refractivity contribution in [1.29, 1.82) is 0 Å². The molecule has 134 valence electrons. The van der Waals surface area contributed by atoms with Crippen LogP contribution in [0.5, 0.6) is 0 Å². The van der Waals surface area contributed by atoms with E-state index in [0.29, 0.717) is 22.8 Å². The molecular weight excluding hydrogens is 349 g/mol. The van der Waals surface area contributed by atoms with Crippen molar-refractivity contribution in [3.8, 4) is 0 Å². The van der Waals surface area contributed by atoms with Gasteiger partial charge in [0.2, 0.25) is 0 Å². The lowest BCUT2D eigenvalue weighted by molar-refractivity contribution is -0.138. The largest absolute Gasteiger partial charge is 0.465 e. The third kappa shape index (κ3) is 3.44. The second kappa shape index (κ2) is 6.62. The molecule has 0 unspecified atom stereocenters. The van der Waals surface area contributed by atoms with Crippen LogP contribution in [0.1, 0.15) is 31.8 Å². The fourth-order valence-electron chi connectivity index (χ4n) is 2.65. The van der Waals surface area contributed by atoms with Crippen LogP contribution in [0.4, 0.5) is 13.2 Å². The molecule has 2 aromatic carbocycles. The first-order chi connectivity index (χ1) is 12.3. The Balaban J connectivity index is 2.01. The zero-order chi connectivity index (χ0) is 18.9. The first kappa shape index (κ1) is 17.7. The van der Waals surface area contributed by atoms with Gasteiger partial charge in [-0.15, -0.1) is 0 Å². The highest BCUT2D eigenvalue weighted by Gasteiger charge is 2.34. The Kier molecular flexibility index (Phi) is 4.50. The molecule has 0 aliphatic heterocycles. The average Bonchev–Trinajstić information content (AvgIpc) is 3.01. The van der Waals surface area contributed by atoms with E-state index in [2.05, 4.69) is 9.84 Å². The Morgan fingerprint density at radius 3 is 2.65 bits per heavy atom. The fourth-order valence-corrected chi connectivity index (χ4v) is 2.65. The predicted octanol–water partition coefficient (Wildman–Crippen LogP) is 3.70. The lowest BCUT2D eigenvalue weighted by atomic mass is 10.0. The van der Waals surface area contributed by atoms with E-state index in [9.17, 15) is 22.8 Å². The van der Waals surface area contributed by atoms with Crippen molar-refractivity contribution in [2.75, 3.05) is 7.11 Å². The Morgan fingerprint density at radius 2 is 2.00 bits per heavy atom. The highest BCUT2D eigenvalue weighted by Crippen LogP contribution is 2.33. The van der Waals surface area contributed by atoms with Crippen molar-refractivity contribution in [3.05, 3.63) is 64.8 Å². The summed E-state index contributed by atoms with van der Waals surface area (Å²) in [6.07, 6.45) is -2.38. The van der Waals surface area contributed by atoms with Crippen LogP contribution in [0.25, 0.3) is 10.9 Å². The summed E-state index contributed by atoms with van der Waals surface area (Å²) in [5, 5.41) is 4.87. The van der Waals surface area contributed by atoms with Crippen LogP contribution in [0.2, 0.25) is 0 Å². The number of hydrogen-bond donors (Lipinski definition) is 0. The normalized spacial score (nSPS) is 11.5. The zero-order valence-corrected chi connectivity index (χ0v) is 13.6. The summed E-state index contributed by atoms with van der Waals surface area (Å²) in [6, 6.07) is 8.10. The van der Waals surface area contributed by atoms with Gasteiger partial charge in [-0.1, -0.05) is 6.07 Å². The topological polar surface area (TPSA) is 61.2 Å². The van der Waals surface area contributed by atoms with Crippen molar-refractivity contribution >= 4 is 23.2 Å². The minimum atomic E-state index is -4.63. The first-order valence-electron chi connectivity index (χ1n) is 7.52. The Labute approximate surface area is 146 Å². The number of nitrogens with zero attached hydrogens (tertiary/aromatic N) is 2. The number of methoxy groups -OCH3 is 1. The molecule has 0 saturated carbocycles. The number of hydrogen-bond acceptors (Lipinski definition) is 4. The van der Waals surface area contributed by atoms with Gasteiger partial charge in [-0.05, 0) is 35.9 Å². The van der Waals surface area contributed by atoms with E-state index in [1.165, 1.54) is 16.8 Å². The van der Waals surface area contributed by atoms with Crippen LogP contribution in [0.3, 0.4) is 0 Å². The molecule has 3 aromatic rings. The molecule has 0 aliphatic carbocycles. The van der Waals surface area contributed by atoms with Crippen LogP contribution in [-0.2, 0) is 17.5 Å². The van der Waals surface area contributed by atoms with E-state index in [4.69, 9.17) is 0 Å². The van der Waals surface area contributed by atoms with Gasteiger partial charge < -0.3 is 4.74 Å². The molecule has 0 amide bonds. The van der Waals surface area contributed by atoms with Crippen LogP contribution in [0, 0.1) is 0 Å². The molecule has 3 rings (SSSR count). The SMILES string of the molecule is COC(=O)c1ccc(Cn2cc3cc(C=O)ccc3n2)c(C(F)(F)F)c1. The molecule has 8 heteroatoms. The van der Waals surface area contributed by atoms with Gasteiger partial charge in [0.1, 0.15) is 6.29 Å². The number of carbonyl (C=O) groups is 2. The Bertz CT molecular complexity index is 993. The van der Waals surface area contributed by atoms with Crippen LogP contribution < -0.4 is 0 Å². The number of aldehydes is 1. The smallest absolute Gasteiger partial charge is 0.416 e. The lowest BCUT2D eigenvalue weighted by Gasteiger charge is -2.14. The minimum absolute atomic E-state index is 0.0337. The van der Waals surface area contributed by atoms with E-state index in [0.717, 1.165) is 13.2 Å². The van der Waals surface area contributed by atoms with Gasteiger partial charge >= 0.3 is 12.1 Å². The number of fused-ring (bicyclic) bond motifs is 1. The van der Waals surface area contributed by atoms with Crippen LogP contribution >= 0.6 is 0 Å². The Morgan fingerprint density at radius 1 is 1.23 bits per heavy atom. The summed E-state index contributed by atoms with van der Waals surface area (Å²) in [6.45, 7) is -0.138. The summed E-state index contributed by atoms with van der Waals surface area (Å²) >= 11 is 0. The number of aromatic nitrogens is 2. The van der Waals surface area contributed by atoms with E-state index >= 15 is 0 Å². The molecule has 0 atom stereocenters. The Hall–Kier alpha value is -3.16. The van der Waals surface area contributed by atoms with Gasteiger partial charge in [0, 0.05) is 17.1 Å². The summed E-state index contributed by atoms with van der Waals surface area (Å²) in [7, 11) is 1.10. The van der Waals surface area contributed by atoms with E-state index in [1.807, 2.05) is 0 Å². The molecule has 0 fully saturated rings. The maximum Gasteiger partial charge on any atom is 0.416 e. The van der Waals surface area contributed by atoms with Gasteiger partial charge in [0.05, 0.1) is 30.3 Å². The van der Waals surface area contributed by atoms with Crippen molar-refractivity contribution in [1.82, 2.24) is 9.78 Å². The number of ether oxygens (including phenoxy) is 1. The number of benzene rings is 2. The summed E-state index contributed by atoms with van der Waals surface area (Å²) in [5.74, 6) is -0.840. The molecule has 1 aromatic heterocycles. The standard InChI is InChI=1S/C18H13F3N2O3/c1-26-17(25)12-3-4-13(15(7-12)18(19,20)21)8-23-9-14-6-11(10-24)2-5-16(14)22-23/h2-7,9-10H,8H2,1H3. The van der Waals surface area contributed by atoms with Crippen molar-refractivity contribution < 1.29 is 27.5 Å². The number of alkyl halides is 3. The second-order valence-electron chi connectivity index (χ2n) is 5.62. The van der Waals surface area contributed by atoms with Crippen molar-refractivity contribution in [2.24, 2.45) is 0 Å². The first-order valence-corrected chi connectivity index (χ1v) is 7.52. The monoisotopic (exact) mass is 362 g/mol. The molecule has 5 nitrogen and oxygen atoms in total. The average molecular weight is 362 g/mol. The maximum atomic E-state index is 13.4. The van der Waals surface area contributed by atoms with Gasteiger partial charge in [-0.25, -0.2) is 4.79 Å². The van der Waals surface area contributed by atoms with E-state index < -0.39 is 17.7 Å². The molecule has 26 heavy (non-hydrogen) atoms. The van der Waals surface area contributed by atoms with Crippen molar-refractivity contribution in [2.45, 2.75) is 12.7 Å². The zero-order valence-electron chi connectivity index (χ0n) is 13.6. The highest BCUT2D eigenvalue weighted by molar-refractivity contribution is 5.89. The van der Waals surface area contributed by atoms with Gasteiger partial charge in [-0.3, -0.25) is 9.48 Å². The molecule has 0 bridgehead atoms. The molecule has 1 heterocycles. The number of carbonyl (C=O) groups excluding carboxylic acids is 2. The molecular formula is C18H13F3N2O3. The number of rotatable bonds is 4. The summed E-state index contributed by atoms with van der Waals surface area (Å²) < 4.78 is 46.0. The highest BCUT2D eigenvalue weighted by atomic mass is 19.4. The lowest BCUT2D eigenvalue weighted by Crippen LogP contribution is -2.14. The fraction of sp³-hybridized carbons (Fsp3) is 0.167. The van der Waals surface area contributed by atoms with Gasteiger partial charge in [-0.2, -0.15) is 18.3 Å². The summed E-state index contributed by atoms with van der Waals surface area (Å²) in [4.78, 5) is 22.3. The number of esters is 1.